The Balaban J connectivity index is 1.79. The van der Waals surface area contributed by atoms with Crippen molar-refractivity contribution in [2.24, 2.45) is 0 Å². The van der Waals surface area contributed by atoms with Gasteiger partial charge in [0.2, 0.25) is 0 Å². The second kappa shape index (κ2) is 9.54. The SMILES string of the molecule is CC(c1ccc(-n2cncn2)cc1)N(C)C(=O)NCCCN(C)CC(F)(F)F. The molecule has 0 bridgehead atoms. The highest BCUT2D eigenvalue weighted by Crippen LogP contribution is 2.20. The van der Waals surface area contributed by atoms with Crippen LogP contribution in [-0.4, -0.2) is 70.5 Å². The molecule has 0 saturated heterocycles. The van der Waals surface area contributed by atoms with Gasteiger partial charge in [0.25, 0.3) is 0 Å². The molecule has 0 spiro atoms. The van der Waals surface area contributed by atoms with Crippen molar-refractivity contribution in [3.63, 3.8) is 0 Å². The number of aromatic nitrogens is 3. The van der Waals surface area contributed by atoms with Gasteiger partial charge in [0.15, 0.2) is 0 Å². The third kappa shape index (κ3) is 6.52. The predicted molar refractivity (Wildman–Crippen MR) is 99.1 cm³/mol. The number of hydrogen-bond donors (Lipinski definition) is 1. The summed E-state index contributed by atoms with van der Waals surface area (Å²) in [5.41, 5.74) is 1.81. The molecule has 28 heavy (non-hydrogen) atoms. The minimum Gasteiger partial charge on any atom is -0.338 e. The zero-order chi connectivity index (χ0) is 20.7. The molecule has 0 saturated carbocycles. The van der Waals surface area contributed by atoms with Gasteiger partial charge in [0.05, 0.1) is 18.3 Å². The van der Waals surface area contributed by atoms with Gasteiger partial charge in [-0.2, -0.15) is 18.3 Å². The molecule has 154 valence electrons. The summed E-state index contributed by atoms with van der Waals surface area (Å²) in [5.74, 6) is 0. The lowest BCUT2D eigenvalue weighted by Gasteiger charge is -2.26. The highest BCUT2D eigenvalue weighted by Gasteiger charge is 2.28. The fraction of sp³-hybridized carbons (Fsp3) is 0.500. The van der Waals surface area contributed by atoms with Gasteiger partial charge in [-0.25, -0.2) is 14.5 Å². The molecular formula is C18H25F3N6O. The van der Waals surface area contributed by atoms with Crippen molar-refractivity contribution in [3.8, 4) is 5.69 Å². The predicted octanol–water partition coefficient (Wildman–Crippen LogP) is 2.85. The van der Waals surface area contributed by atoms with Crippen LogP contribution >= 0.6 is 0 Å². The lowest BCUT2D eigenvalue weighted by Crippen LogP contribution is -2.40. The van der Waals surface area contributed by atoms with Gasteiger partial charge >= 0.3 is 12.2 Å². The maximum Gasteiger partial charge on any atom is 0.401 e. The van der Waals surface area contributed by atoms with Crippen LogP contribution in [0.1, 0.15) is 24.9 Å². The van der Waals surface area contributed by atoms with Crippen LogP contribution in [0.4, 0.5) is 18.0 Å². The number of carbonyl (C=O) groups excluding carboxylic acids is 1. The number of amides is 2. The summed E-state index contributed by atoms with van der Waals surface area (Å²) in [6, 6.07) is 7.17. The minimum absolute atomic E-state index is 0.169. The lowest BCUT2D eigenvalue weighted by atomic mass is 10.1. The molecule has 7 nitrogen and oxygen atoms in total. The van der Waals surface area contributed by atoms with Crippen LogP contribution in [0.3, 0.4) is 0 Å². The largest absolute Gasteiger partial charge is 0.401 e. The Morgan fingerprint density at radius 1 is 1.25 bits per heavy atom. The number of halogens is 3. The summed E-state index contributed by atoms with van der Waals surface area (Å²) in [5, 5.41) is 6.80. The minimum atomic E-state index is -4.21. The number of hydrogen-bond acceptors (Lipinski definition) is 4. The van der Waals surface area contributed by atoms with E-state index in [0.29, 0.717) is 13.0 Å². The average molecular weight is 398 g/mol. The normalized spacial score (nSPS) is 12.8. The fourth-order valence-electron chi connectivity index (χ4n) is 2.70. The van der Waals surface area contributed by atoms with E-state index >= 15 is 0 Å². The van der Waals surface area contributed by atoms with Crippen molar-refractivity contribution in [2.45, 2.75) is 25.6 Å². The zero-order valence-corrected chi connectivity index (χ0v) is 16.1. The van der Waals surface area contributed by atoms with E-state index < -0.39 is 12.7 Å². The number of nitrogens with zero attached hydrogens (tertiary/aromatic N) is 5. The number of alkyl halides is 3. The molecule has 10 heteroatoms. The van der Waals surface area contributed by atoms with Crippen LogP contribution in [0.25, 0.3) is 5.69 Å². The van der Waals surface area contributed by atoms with Gasteiger partial charge in [0, 0.05) is 13.6 Å². The average Bonchev–Trinajstić information content (AvgIpc) is 3.17. The monoisotopic (exact) mass is 398 g/mol. The van der Waals surface area contributed by atoms with Gasteiger partial charge in [-0.15, -0.1) is 0 Å². The van der Waals surface area contributed by atoms with E-state index in [2.05, 4.69) is 15.4 Å². The maximum absolute atomic E-state index is 12.3. The summed E-state index contributed by atoms with van der Waals surface area (Å²) in [4.78, 5) is 18.9. The van der Waals surface area contributed by atoms with Crippen molar-refractivity contribution in [3.05, 3.63) is 42.5 Å². The van der Waals surface area contributed by atoms with Crippen molar-refractivity contribution in [1.29, 1.82) is 0 Å². The summed E-state index contributed by atoms with van der Waals surface area (Å²) < 4.78 is 38.5. The van der Waals surface area contributed by atoms with Crippen LogP contribution in [-0.2, 0) is 0 Å². The molecule has 2 rings (SSSR count). The standard InChI is InChI=1S/C18H25F3N6O/c1-14(15-5-7-16(8-6-15)27-13-22-12-24-27)26(3)17(28)23-9-4-10-25(2)11-18(19,20)21/h5-8,12-14H,4,9-11H2,1-3H3,(H,23,28). The first-order valence-electron chi connectivity index (χ1n) is 8.88. The number of nitrogens with one attached hydrogen (secondary N) is 1. The Morgan fingerprint density at radius 2 is 1.93 bits per heavy atom. The fourth-order valence-corrected chi connectivity index (χ4v) is 2.70. The lowest BCUT2D eigenvalue weighted by molar-refractivity contribution is -0.143. The second-order valence-electron chi connectivity index (χ2n) is 6.66. The van der Waals surface area contributed by atoms with Gasteiger partial charge in [0.1, 0.15) is 12.7 Å². The molecule has 1 unspecified atom stereocenters. The molecule has 0 fully saturated rings. The molecule has 1 aromatic heterocycles. The van der Waals surface area contributed by atoms with Crippen LogP contribution in [0.2, 0.25) is 0 Å². The molecule has 2 aromatic rings. The molecule has 1 N–H and O–H groups in total. The Labute approximate surface area is 162 Å². The first kappa shape index (κ1) is 21.7. The van der Waals surface area contributed by atoms with E-state index in [1.807, 2.05) is 31.2 Å². The van der Waals surface area contributed by atoms with Crippen LogP contribution in [0.15, 0.2) is 36.9 Å². The second-order valence-corrected chi connectivity index (χ2v) is 6.66. The quantitative estimate of drug-likeness (QED) is 0.695. The molecule has 1 heterocycles. The topological polar surface area (TPSA) is 66.3 Å². The number of urea groups is 1. The van der Waals surface area contributed by atoms with E-state index in [4.69, 9.17) is 0 Å². The smallest absolute Gasteiger partial charge is 0.338 e. The molecule has 0 aliphatic rings. The van der Waals surface area contributed by atoms with Gasteiger partial charge in [-0.05, 0) is 44.6 Å². The highest BCUT2D eigenvalue weighted by molar-refractivity contribution is 5.74. The molecule has 1 atom stereocenters. The Kier molecular flexibility index (Phi) is 7.38. The van der Waals surface area contributed by atoms with Crippen molar-refractivity contribution in [2.75, 3.05) is 33.7 Å². The summed E-state index contributed by atoms with van der Waals surface area (Å²) >= 11 is 0. The Bertz CT molecular complexity index is 733. The molecule has 0 aliphatic carbocycles. The van der Waals surface area contributed by atoms with Crippen molar-refractivity contribution in [1.82, 2.24) is 29.9 Å². The van der Waals surface area contributed by atoms with Crippen LogP contribution < -0.4 is 5.32 Å². The number of rotatable bonds is 8. The third-order valence-electron chi connectivity index (χ3n) is 4.40. The van der Waals surface area contributed by atoms with E-state index in [0.717, 1.165) is 11.3 Å². The summed E-state index contributed by atoms with van der Waals surface area (Å²) in [7, 11) is 3.09. The highest BCUT2D eigenvalue weighted by atomic mass is 19.4. The first-order valence-corrected chi connectivity index (χ1v) is 8.88. The van der Waals surface area contributed by atoms with E-state index in [-0.39, 0.29) is 18.6 Å². The van der Waals surface area contributed by atoms with Crippen LogP contribution in [0.5, 0.6) is 0 Å². The molecule has 0 radical (unpaired) electrons. The molecule has 2 amide bonds. The van der Waals surface area contributed by atoms with Crippen molar-refractivity contribution >= 4 is 6.03 Å². The number of carbonyl (C=O) groups is 1. The molecular weight excluding hydrogens is 373 g/mol. The summed E-state index contributed by atoms with van der Waals surface area (Å²) in [6.45, 7) is 1.51. The van der Waals surface area contributed by atoms with Gasteiger partial charge < -0.3 is 10.2 Å². The van der Waals surface area contributed by atoms with E-state index in [9.17, 15) is 18.0 Å². The molecule has 1 aromatic carbocycles. The third-order valence-corrected chi connectivity index (χ3v) is 4.40. The van der Waals surface area contributed by atoms with Gasteiger partial charge in [-0.1, -0.05) is 12.1 Å². The van der Waals surface area contributed by atoms with Crippen molar-refractivity contribution < 1.29 is 18.0 Å². The first-order chi connectivity index (χ1) is 13.2. The Morgan fingerprint density at radius 3 is 2.50 bits per heavy atom. The Hall–Kier alpha value is -2.62. The number of benzene rings is 1. The van der Waals surface area contributed by atoms with Gasteiger partial charge in [-0.3, -0.25) is 4.90 Å². The van der Waals surface area contributed by atoms with E-state index in [1.165, 1.54) is 18.3 Å². The maximum atomic E-state index is 12.3. The summed E-state index contributed by atoms with van der Waals surface area (Å²) in [6.07, 6.45) is -0.718. The molecule has 0 aliphatic heterocycles. The van der Waals surface area contributed by atoms with E-state index in [1.54, 1.807) is 23.0 Å². The van der Waals surface area contributed by atoms with Crippen LogP contribution in [0, 0.1) is 0 Å². The zero-order valence-electron chi connectivity index (χ0n) is 16.1.